The maximum Gasteiger partial charge on any atom is 0.161 e. The lowest BCUT2D eigenvalue weighted by Crippen LogP contribution is -1.92. The first-order valence-electron chi connectivity index (χ1n) is 3.90. The average molecular weight is 159 g/mol. The molecule has 0 radical (unpaired) electrons. The molecule has 1 aliphatic rings. The minimum Gasteiger partial charge on any atom is -0.357 e. The zero-order valence-electron chi connectivity index (χ0n) is 6.60. The van der Waals surface area contributed by atoms with Crippen LogP contribution < -0.4 is 4.84 Å². The normalized spacial score (nSPS) is 19.7. The number of rotatable bonds is 0. The van der Waals surface area contributed by atoms with E-state index in [0.29, 0.717) is 0 Å². The van der Waals surface area contributed by atoms with Crippen LogP contribution in [-0.4, -0.2) is 6.21 Å². The summed E-state index contributed by atoms with van der Waals surface area (Å²) in [6.45, 7) is 0. The topological polar surface area (TPSA) is 21.6 Å². The lowest BCUT2D eigenvalue weighted by Gasteiger charge is -2.05. The zero-order valence-corrected chi connectivity index (χ0v) is 6.60. The van der Waals surface area contributed by atoms with Crippen LogP contribution in [0.3, 0.4) is 0 Å². The smallest absolute Gasteiger partial charge is 0.161 e. The Balaban J connectivity index is 2.40. The van der Waals surface area contributed by atoms with E-state index in [4.69, 9.17) is 4.84 Å². The number of fused-ring (bicyclic) bond motifs is 1. The van der Waals surface area contributed by atoms with E-state index >= 15 is 0 Å². The lowest BCUT2D eigenvalue weighted by atomic mass is 10.1. The van der Waals surface area contributed by atoms with Crippen LogP contribution in [0.1, 0.15) is 5.56 Å². The van der Waals surface area contributed by atoms with Gasteiger partial charge in [-0.3, -0.25) is 0 Å². The van der Waals surface area contributed by atoms with E-state index in [1.807, 2.05) is 30.3 Å². The third kappa shape index (κ3) is 1.37. The lowest BCUT2D eigenvalue weighted by molar-refractivity contribution is 0.340. The summed E-state index contributed by atoms with van der Waals surface area (Å²) in [7, 11) is 0. The van der Waals surface area contributed by atoms with E-state index in [-0.39, 0.29) is 0 Å². The quantitative estimate of drug-likeness (QED) is 0.568. The van der Waals surface area contributed by atoms with Crippen LogP contribution >= 0.6 is 0 Å². The number of hydrogen-bond donors (Lipinski definition) is 0. The largest absolute Gasteiger partial charge is 0.357 e. The fourth-order valence-corrected chi connectivity index (χ4v) is 1.14. The average Bonchev–Trinajstić information content (AvgIpc) is 2.06. The molecule has 2 heteroatoms. The van der Waals surface area contributed by atoms with Crippen LogP contribution in [-0.2, 0) is 6.42 Å². The van der Waals surface area contributed by atoms with Crippen LogP contribution in [0, 0.1) is 0 Å². The van der Waals surface area contributed by atoms with Crippen molar-refractivity contribution in [2.45, 2.75) is 6.42 Å². The van der Waals surface area contributed by atoms with Crippen molar-refractivity contribution < 1.29 is 4.84 Å². The monoisotopic (exact) mass is 159 g/mol. The Labute approximate surface area is 71.2 Å². The summed E-state index contributed by atoms with van der Waals surface area (Å²) >= 11 is 0. The number of hydrogen-bond acceptors (Lipinski definition) is 2. The maximum atomic E-state index is 5.15. The van der Waals surface area contributed by atoms with Crippen molar-refractivity contribution in [3.8, 4) is 5.75 Å². The zero-order chi connectivity index (χ0) is 8.23. The van der Waals surface area contributed by atoms with Gasteiger partial charge >= 0.3 is 0 Å². The Kier molecular flexibility index (Phi) is 1.90. The highest BCUT2D eigenvalue weighted by Crippen LogP contribution is 2.19. The highest BCUT2D eigenvalue weighted by Gasteiger charge is 2.01. The Bertz CT molecular complexity index is 295. The van der Waals surface area contributed by atoms with Gasteiger partial charge in [0.05, 0.1) is 6.21 Å². The van der Waals surface area contributed by atoms with Gasteiger partial charge in [0.15, 0.2) is 5.75 Å². The summed E-state index contributed by atoms with van der Waals surface area (Å²) in [6, 6.07) is 7.91. The predicted octanol–water partition coefficient (Wildman–Crippen LogP) is 2.16. The van der Waals surface area contributed by atoms with E-state index in [1.54, 1.807) is 6.21 Å². The molecule has 0 saturated carbocycles. The Morgan fingerprint density at radius 2 is 2.17 bits per heavy atom. The molecule has 0 aromatic heterocycles. The second kappa shape index (κ2) is 3.22. The van der Waals surface area contributed by atoms with Crippen LogP contribution in [0.2, 0.25) is 0 Å². The molecule has 12 heavy (non-hydrogen) atoms. The maximum absolute atomic E-state index is 5.15. The first kappa shape index (κ1) is 7.10. The fourth-order valence-electron chi connectivity index (χ4n) is 1.14. The molecule has 0 saturated heterocycles. The van der Waals surface area contributed by atoms with Gasteiger partial charge in [-0.2, -0.15) is 0 Å². The molecule has 0 unspecified atom stereocenters. The van der Waals surface area contributed by atoms with Crippen LogP contribution in [0.25, 0.3) is 0 Å². The summed E-state index contributed by atoms with van der Waals surface area (Å²) in [5.74, 6) is 0.845. The van der Waals surface area contributed by atoms with E-state index in [9.17, 15) is 0 Å². The van der Waals surface area contributed by atoms with Crippen LogP contribution in [0.15, 0.2) is 41.6 Å². The molecule has 2 nitrogen and oxygen atoms in total. The predicted molar refractivity (Wildman–Crippen MR) is 48.4 cm³/mol. The Morgan fingerprint density at radius 1 is 1.25 bits per heavy atom. The van der Waals surface area contributed by atoms with Gasteiger partial charge in [0.25, 0.3) is 0 Å². The molecule has 1 aromatic rings. The summed E-state index contributed by atoms with van der Waals surface area (Å²) in [5.41, 5.74) is 1.17. The van der Waals surface area contributed by atoms with E-state index < -0.39 is 0 Å². The third-order valence-electron chi connectivity index (χ3n) is 1.74. The highest BCUT2D eigenvalue weighted by molar-refractivity contribution is 5.70. The van der Waals surface area contributed by atoms with E-state index in [2.05, 4.69) is 11.2 Å². The van der Waals surface area contributed by atoms with Crippen LogP contribution in [0.5, 0.6) is 5.75 Å². The minimum atomic E-state index is 0.845. The molecular formula is C10H9NO. The fraction of sp³-hybridized carbons (Fsp3) is 0.100. The number of allylic oxidation sites excluding steroid dienone is 2. The molecule has 0 aliphatic carbocycles. The van der Waals surface area contributed by atoms with Crippen molar-refractivity contribution in [3.63, 3.8) is 0 Å². The van der Waals surface area contributed by atoms with Gasteiger partial charge in [-0.05, 0) is 18.6 Å². The van der Waals surface area contributed by atoms with Crippen molar-refractivity contribution in [1.82, 2.24) is 0 Å². The summed E-state index contributed by atoms with van der Waals surface area (Å²) in [6.07, 6.45) is 6.50. The van der Waals surface area contributed by atoms with Crippen molar-refractivity contribution in [3.05, 3.63) is 42.0 Å². The van der Waals surface area contributed by atoms with Gasteiger partial charge in [-0.15, -0.1) is 0 Å². The van der Waals surface area contributed by atoms with Gasteiger partial charge in [0.2, 0.25) is 0 Å². The Hall–Kier alpha value is -1.57. The number of benzene rings is 1. The second-order valence-corrected chi connectivity index (χ2v) is 2.59. The molecule has 60 valence electrons. The molecule has 0 spiro atoms. The van der Waals surface area contributed by atoms with E-state index in [1.165, 1.54) is 5.56 Å². The van der Waals surface area contributed by atoms with Crippen molar-refractivity contribution in [2.75, 3.05) is 0 Å². The molecule has 0 fully saturated rings. The number of oxime groups is 1. The van der Waals surface area contributed by atoms with Gasteiger partial charge in [0.1, 0.15) is 0 Å². The highest BCUT2D eigenvalue weighted by atomic mass is 16.6. The van der Waals surface area contributed by atoms with Gasteiger partial charge in [0, 0.05) is 5.56 Å². The number of nitrogens with zero attached hydrogens (tertiary/aromatic N) is 1. The molecule has 0 atom stereocenters. The summed E-state index contributed by atoms with van der Waals surface area (Å²) in [5, 5.41) is 3.76. The molecule has 0 bridgehead atoms. The summed E-state index contributed by atoms with van der Waals surface area (Å²) in [4.78, 5) is 5.15. The first-order valence-corrected chi connectivity index (χ1v) is 3.90. The van der Waals surface area contributed by atoms with E-state index in [0.717, 1.165) is 12.2 Å². The second-order valence-electron chi connectivity index (χ2n) is 2.59. The molecule has 0 N–H and O–H groups in total. The Morgan fingerprint density at radius 3 is 3.17 bits per heavy atom. The summed E-state index contributed by atoms with van der Waals surface area (Å²) < 4.78 is 0. The molecule has 0 amide bonds. The SMILES string of the molecule is C1=C\Cc2ccccc2O\N=C/1. The molecule has 2 rings (SSSR count). The van der Waals surface area contributed by atoms with Crippen molar-refractivity contribution in [1.29, 1.82) is 0 Å². The van der Waals surface area contributed by atoms with Crippen molar-refractivity contribution >= 4 is 6.21 Å². The molecule has 1 aromatic carbocycles. The molecule has 1 aliphatic heterocycles. The number of para-hydroxylation sites is 1. The van der Waals surface area contributed by atoms with Gasteiger partial charge < -0.3 is 4.84 Å². The van der Waals surface area contributed by atoms with Crippen LogP contribution in [0.4, 0.5) is 0 Å². The third-order valence-corrected chi connectivity index (χ3v) is 1.74. The first-order chi connectivity index (χ1) is 5.97. The molecular weight excluding hydrogens is 150 g/mol. The minimum absolute atomic E-state index is 0.845. The van der Waals surface area contributed by atoms with Gasteiger partial charge in [-0.25, -0.2) is 0 Å². The standard InChI is InChI=1S/C10H9NO/c1-2-7-10-9(5-1)6-3-4-8-11-12-10/h1-5,7-8H,6H2/b4-3-,11-8-. The van der Waals surface area contributed by atoms with Gasteiger partial charge in [-0.1, -0.05) is 29.4 Å². The molecule has 1 heterocycles. The van der Waals surface area contributed by atoms with Crippen molar-refractivity contribution in [2.24, 2.45) is 5.16 Å².